The van der Waals surface area contributed by atoms with Gasteiger partial charge in [-0.1, -0.05) is 6.92 Å². The highest BCUT2D eigenvalue weighted by Crippen LogP contribution is 2.31. The lowest BCUT2D eigenvalue weighted by molar-refractivity contribution is -0.126. The molecule has 1 atom stereocenters. The van der Waals surface area contributed by atoms with Gasteiger partial charge in [0, 0.05) is 38.2 Å². The summed E-state index contributed by atoms with van der Waals surface area (Å²) >= 11 is 1.34. The van der Waals surface area contributed by atoms with E-state index in [4.69, 9.17) is 4.74 Å². The van der Waals surface area contributed by atoms with Crippen LogP contribution in [-0.4, -0.2) is 55.0 Å². The molecule has 0 spiro atoms. The van der Waals surface area contributed by atoms with E-state index in [1.807, 2.05) is 18.7 Å². The average molecular weight is 434 g/mol. The number of carbonyl (C=O) groups excluding carboxylic acids is 2. The van der Waals surface area contributed by atoms with Crippen LogP contribution < -0.4 is 5.32 Å². The molecule has 0 aliphatic carbocycles. The number of ether oxygens (including phenoxy) is 1. The van der Waals surface area contributed by atoms with Gasteiger partial charge in [0.15, 0.2) is 0 Å². The molecule has 1 aliphatic rings. The Balaban J connectivity index is 1.59. The number of hydrogen-bond acceptors (Lipinski definition) is 5. The first-order valence-corrected chi connectivity index (χ1v) is 11.0. The Kier molecular flexibility index (Phi) is 7.55. The lowest BCUT2D eigenvalue weighted by Gasteiger charge is -2.34. The van der Waals surface area contributed by atoms with E-state index in [1.165, 1.54) is 23.5 Å². The number of piperidine rings is 1. The number of amides is 2. The molecule has 1 aromatic heterocycles. The highest BCUT2D eigenvalue weighted by molar-refractivity contribution is 7.17. The lowest BCUT2D eigenvalue weighted by Crippen LogP contribution is -2.43. The maximum absolute atomic E-state index is 13.2. The molecule has 2 aromatic rings. The van der Waals surface area contributed by atoms with Crippen molar-refractivity contribution < 1.29 is 18.7 Å². The number of halogens is 1. The van der Waals surface area contributed by atoms with E-state index in [-0.39, 0.29) is 29.5 Å². The molecular weight excluding hydrogens is 405 g/mol. The molecular formula is C22H28FN3O3S. The summed E-state index contributed by atoms with van der Waals surface area (Å²) in [4.78, 5) is 32.3. The summed E-state index contributed by atoms with van der Waals surface area (Å²) in [6, 6.07) is 6.13. The third-order valence-corrected chi connectivity index (χ3v) is 6.83. The number of methoxy groups -OCH3 is 1. The van der Waals surface area contributed by atoms with Crippen LogP contribution >= 0.6 is 11.3 Å². The molecule has 162 valence electrons. The molecule has 1 aliphatic heterocycles. The maximum Gasteiger partial charge on any atom is 0.265 e. The number of aromatic nitrogens is 1. The molecule has 8 heteroatoms. The van der Waals surface area contributed by atoms with Gasteiger partial charge in [0.25, 0.3) is 5.91 Å². The second kappa shape index (κ2) is 10.1. The molecule has 1 aromatic carbocycles. The van der Waals surface area contributed by atoms with Crippen LogP contribution in [0.25, 0.3) is 10.6 Å². The zero-order chi connectivity index (χ0) is 21.7. The average Bonchev–Trinajstić information content (AvgIpc) is 3.15. The predicted molar refractivity (Wildman–Crippen MR) is 115 cm³/mol. The molecule has 6 nitrogen and oxygen atoms in total. The fourth-order valence-corrected chi connectivity index (χ4v) is 4.75. The molecule has 2 amide bonds. The van der Waals surface area contributed by atoms with E-state index in [0.29, 0.717) is 41.8 Å². The van der Waals surface area contributed by atoms with Crippen LogP contribution in [0.3, 0.4) is 0 Å². The smallest absolute Gasteiger partial charge is 0.265 e. The second-order valence-electron chi connectivity index (χ2n) is 7.64. The van der Waals surface area contributed by atoms with Gasteiger partial charge in [-0.3, -0.25) is 9.59 Å². The summed E-state index contributed by atoms with van der Waals surface area (Å²) in [6.07, 6.45) is 1.60. The standard InChI is InChI=1S/C22H28FN3O3S/c1-14(20(27)24-10-13-29-3)16-8-11-26(12-9-16)22(28)19-15(2)25-21(30-19)17-4-6-18(23)7-5-17/h4-7,14,16H,8-13H2,1-3H3,(H,24,27). The third kappa shape index (κ3) is 5.23. The lowest BCUT2D eigenvalue weighted by atomic mass is 9.85. The van der Waals surface area contributed by atoms with Crippen LogP contribution in [0.2, 0.25) is 0 Å². The van der Waals surface area contributed by atoms with Gasteiger partial charge >= 0.3 is 0 Å². The first kappa shape index (κ1) is 22.4. The molecule has 0 saturated carbocycles. The van der Waals surface area contributed by atoms with Crippen molar-refractivity contribution in [2.24, 2.45) is 11.8 Å². The Bertz CT molecular complexity index is 876. The zero-order valence-corrected chi connectivity index (χ0v) is 18.4. The number of likely N-dealkylation sites (tertiary alicyclic amines) is 1. The number of aryl methyl sites for hydroxylation is 1. The Morgan fingerprint density at radius 3 is 2.60 bits per heavy atom. The molecule has 1 N–H and O–H groups in total. The van der Waals surface area contributed by atoms with Crippen LogP contribution in [0.5, 0.6) is 0 Å². The van der Waals surface area contributed by atoms with Crippen molar-refractivity contribution in [3.63, 3.8) is 0 Å². The van der Waals surface area contributed by atoms with Crippen molar-refractivity contribution >= 4 is 23.2 Å². The minimum absolute atomic E-state index is 0.0194. The van der Waals surface area contributed by atoms with E-state index in [9.17, 15) is 14.0 Å². The maximum atomic E-state index is 13.2. The van der Waals surface area contributed by atoms with Gasteiger partial charge < -0.3 is 15.0 Å². The predicted octanol–water partition coefficient (Wildman–Crippen LogP) is 3.51. The van der Waals surface area contributed by atoms with Gasteiger partial charge in [-0.25, -0.2) is 9.37 Å². The Hall–Kier alpha value is -2.32. The van der Waals surface area contributed by atoms with Gasteiger partial charge in [0.2, 0.25) is 5.91 Å². The number of hydrogen-bond donors (Lipinski definition) is 1. The Labute approximate surface area is 180 Å². The van der Waals surface area contributed by atoms with E-state index in [0.717, 1.165) is 18.4 Å². The molecule has 3 rings (SSSR count). The molecule has 0 radical (unpaired) electrons. The van der Waals surface area contributed by atoms with Gasteiger partial charge in [-0.2, -0.15) is 0 Å². The van der Waals surface area contributed by atoms with E-state index >= 15 is 0 Å². The van der Waals surface area contributed by atoms with Crippen LogP contribution in [0.4, 0.5) is 4.39 Å². The first-order valence-electron chi connectivity index (χ1n) is 10.2. The normalized spacial score (nSPS) is 15.8. The number of carbonyl (C=O) groups is 2. The number of benzene rings is 1. The quantitative estimate of drug-likeness (QED) is 0.679. The number of rotatable bonds is 7. The Morgan fingerprint density at radius 1 is 1.30 bits per heavy atom. The van der Waals surface area contributed by atoms with Crippen molar-refractivity contribution in [3.05, 3.63) is 40.7 Å². The molecule has 0 bridgehead atoms. The SMILES string of the molecule is COCCNC(=O)C(C)C1CCN(C(=O)c2sc(-c3ccc(F)cc3)nc2C)CC1. The fourth-order valence-electron chi connectivity index (χ4n) is 3.71. The number of nitrogens with one attached hydrogen (secondary N) is 1. The van der Waals surface area contributed by atoms with Crippen LogP contribution in [0.15, 0.2) is 24.3 Å². The van der Waals surface area contributed by atoms with Crippen molar-refractivity contribution in [2.45, 2.75) is 26.7 Å². The van der Waals surface area contributed by atoms with Crippen molar-refractivity contribution in [3.8, 4) is 10.6 Å². The molecule has 2 heterocycles. The highest BCUT2D eigenvalue weighted by atomic mass is 32.1. The summed E-state index contributed by atoms with van der Waals surface area (Å²) in [7, 11) is 1.61. The van der Waals surface area contributed by atoms with E-state index in [2.05, 4.69) is 10.3 Å². The number of nitrogens with zero attached hydrogens (tertiary/aromatic N) is 2. The van der Waals surface area contributed by atoms with Crippen LogP contribution in [0.1, 0.15) is 35.1 Å². The second-order valence-corrected chi connectivity index (χ2v) is 8.64. The topological polar surface area (TPSA) is 71.5 Å². The monoisotopic (exact) mass is 433 g/mol. The van der Waals surface area contributed by atoms with Crippen molar-refractivity contribution in [1.29, 1.82) is 0 Å². The van der Waals surface area contributed by atoms with Crippen molar-refractivity contribution in [1.82, 2.24) is 15.2 Å². The Morgan fingerprint density at radius 2 is 1.97 bits per heavy atom. The first-order chi connectivity index (χ1) is 14.4. The van der Waals surface area contributed by atoms with Crippen LogP contribution in [0, 0.1) is 24.6 Å². The molecule has 1 fully saturated rings. The fraction of sp³-hybridized carbons (Fsp3) is 0.500. The molecule has 30 heavy (non-hydrogen) atoms. The van der Waals surface area contributed by atoms with Gasteiger partial charge in [0.1, 0.15) is 15.7 Å². The summed E-state index contributed by atoms with van der Waals surface area (Å²) < 4.78 is 18.1. The number of thiazole rings is 1. The summed E-state index contributed by atoms with van der Waals surface area (Å²) in [5, 5.41) is 3.61. The molecule has 1 unspecified atom stereocenters. The summed E-state index contributed by atoms with van der Waals surface area (Å²) in [5.74, 6) is -0.107. The molecule has 1 saturated heterocycles. The minimum atomic E-state index is -0.298. The van der Waals surface area contributed by atoms with Crippen LogP contribution in [-0.2, 0) is 9.53 Å². The van der Waals surface area contributed by atoms with Gasteiger partial charge in [0.05, 0.1) is 12.3 Å². The third-order valence-electron chi connectivity index (χ3n) is 5.63. The minimum Gasteiger partial charge on any atom is -0.383 e. The van der Waals surface area contributed by atoms with E-state index < -0.39 is 0 Å². The van der Waals surface area contributed by atoms with Gasteiger partial charge in [-0.05, 0) is 49.9 Å². The largest absolute Gasteiger partial charge is 0.383 e. The zero-order valence-electron chi connectivity index (χ0n) is 17.6. The highest BCUT2D eigenvalue weighted by Gasteiger charge is 2.31. The summed E-state index contributed by atoms with van der Waals surface area (Å²) in [5.41, 5.74) is 1.49. The summed E-state index contributed by atoms with van der Waals surface area (Å²) in [6.45, 7) is 6.05. The van der Waals surface area contributed by atoms with Crippen molar-refractivity contribution in [2.75, 3.05) is 33.4 Å². The van der Waals surface area contributed by atoms with E-state index in [1.54, 1.807) is 19.2 Å². The van der Waals surface area contributed by atoms with Gasteiger partial charge in [-0.15, -0.1) is 11.3 Å².